The average Bonchev–Trinajstić information content (AvgIpc) is 2.17. The number of fused-ring (bicyclic) bond motifs is 1. The molecule has 1 aliphatic carbocycles. The second-order valence-corrected chi connectivity index (χ2v) is 3.89. The standard InChI is InChI=1S/C11H16O3/c1-2-13-9-5-3-8-4-6-11(12)14-10(8)7-9/h4,6,8-10H,2-3,5,7H2,1H3. The molecule has 0 bridgehead atoms. The summed E-state index contributed by atoms with van der Waals surface area (Å²) in [4.78, 5) is 11.0. The topological polar surface area (TPSA) is 35.5 Å². The van der Waals surface area contributed by atoms with Crippen LogP contribution < -0.4 is 0 Å². The van der Waals surface area contributed by atoms with E-state index in [1.165, 1.54) is 0 Å². The SMILES string of the molecule is CCOC1CCC2C=CC(=O)OC2C1. The second-order valence-electron chi connectivity index (χ2n) is 3.89. The zero-order chi connectivity index (χ0) is 9.97. The molecule has 3 nitrogen and oxygen atoms in total. The third-order valence-electron chi connectivity index (χ3n) is 2.94. The van der Waals surface area contributed by atoms with E-state index in [0.717, 1.165) is 25.9 Å². The van der Waals surface area contributed by atoms with Gasteiger partial charge in [0.1, 0.15) is 6.10 Å². The molecule has 0 aromatic heterocycles. The largest absolute Gasteiger partial charge is 0.458 e. The Bertz CT molecular complexity index is 247. The van der Waals surface area contributed by atoms with Crippen LogP contribution in [-0.4, -0.2) is 24.8 Å². The van der Waals surface area contributed by atoms with Crippen LogP contribution in [0.2, 0.25) is 0 Å². The van der Waals surface area contributed by atoms with Crippen LogP contribution in [0.4, 0.5) is 0 Å². The van der Waals surface area contributed by atoms with E-state index >= 15 is 0 Å². The van der Waals surface area contributed by atoms with Gasteiger partial charge in [0, 0.05) is 25.0 Å². The van der Waals surface area contributed by atoms with Crippen LogP contribution in [0.1, 0.15) is 26.2 Å². The highest BCUT2D eigenvalue weighted by molar-refractivity contribution is 5.83. The first-order valence-electron chi connectivity index (χ1n) is 5.30. The fourth-order valence-corrected chi connectivity index (χ4v) is 2.25. The van der Waals surface area contributed by atoms with Gasteiger partial charge in [-0.25, -0.2) is 4.79 Å². The Hall–Kier alpha value is -0.830. The summed E-state index contributed by atoms with van der Waals surface area (Å²) < 4.78 is 10.8. The van der Waals surface area contributed by atoms with Crippen molar-refractivity contribution in [3.8, 4) is 0 Å². The lowest BCUT2D eigenvalue weighted by Gasteiger charge is -2.35. The average molecular weight is 196 g/mol. The van der Waals surface area contributed by atoms with Crippen molar-refractivity contribution in [2.45, 2.75) is 38.4 Å². The Morgan fingerprint density at radius 3 is 3.21 bits per heavy atom. The van der Waals surface area contributed by atoms with Crippen LogP contribution in [-0.2, 0) is 14.3 Å². The number of hydrogen-bond donors (Lipinski definition) is 0. The smallest absolute Gasteiger partial charge is 0.330 e. The first kappa shape index (κ1) is 9.71. The monoisotopic (exact) mass is 196 g/mol. The highest BCUT2D eigenvalue weighted by Crippen LogP contribution is 2.32. The first-order valence-corrected chi connectivity index (χ1v) is 5.30. The Balaban J connectivity index is 1.96. The van der Waals surface area contributed by atoms with Crippen molar-refractivity contribution >= 4 is 5.97 Å². The van der Waals surface area contributed by atoms with E-state index in [1.807, 2.05) is 13.0 Å². The molecule has 3 heteroatoms. The van der Waals surface area contributed by atoms with E-state index in [0.29, 0.717) is 5.92 Å². The van der Waals surface area contributed by atoms with Gasteiger partial charge in [-0.2, -0.15) is 0 Å². The summed E-state index contributed by atoms with van der Waals surface area (Å²) in [5.74, 6) is 0.216. The minimum Gasteiger partial charge on any atom is -0.458 e. The van der Waals surface area contributed by atoms with Crippen LogP contribution in [0, 0.1) is 5.92 Å². The fourth-order valence-electron chi connectivity index (χ4n) is 2.25. The van der Waals surface area contributed by atoms with Gasteiger partial charge in [-0.15, -0.1) is 0 Å². The number of ether oxygens (including phenoxy) is 2. The van der Waals surface area contributed by atoms with E-state index in [9.17, 15) is 4.79 Å². The van der Waals surface area contributed by atoms with E-state index in [4.69, 9.17) is 9.47 Å². The van der Waals surface area contributed by atoms with E-state index in [-0.39, 0.29) is 18.2 Å². The Morgan fingerprint density at radius 2 is 2.43 bits per heavy atom. The zero-order valence-corrected chi connectivity index (χ0v) is 8.44. The van der Waals surface area contributed by atoms with Crippen LogP contribution in [0.3, 0.4) is 0 Å². The third-order valence-corrected chi connectivity index (χ3v) is 2.94. The molecule has 2 rings (SSSR count). The van der Waals surface area contributed by atoms with E-state index in [2.05, 4.69) is 0 Å². The van der Waals surface area contributed by atoms with Crippen LogP contribution in [0.25, 0.3) is 0 Å². The van der Waals surface area contributed by atoms with E-state index in [1.54, 1.807) is 6.08 Å². The van der Waals surface area contributed by atoms with Crippen molar-refractivity contribution in [2.24, 2.45) is 5.92 Å². The van der Waals surface area contributed by atoms with Gasteiger partial charge in [0.15, 0.2) is 0 Å². The molecule has 1 saturated carbocycles. The lowest BCUT2D eigenvalue weighted by atomic mass is 9.83. The molecule has 0 aromatic carbocycles. The number of carbonyl (C=O) groups is 1. The fraction of sp³-hybridized carbons (Fsp3) is 0.727. The lowest BCUT2D eigenvalue weighted by molar-refractivity contribution is -0.151. The molecular formula is C11H16O3. The second kappa shape index (κ2) is 4.13. The molecule has 14 heavy (non-hydrogen) atoms. The van der Waals surface area contributed by atoms with Gasteiger partial charge in [-0.3, -0.25) is 0 Å². The highest BCUT2D eigenvalue weighted by Gasteiger charge is 2.33. The predicted octanol–water partition coefficient (Wildman–Crippen LogP) is 1.67. The maximum Gasteiger partial charge on any atom is 0.330 e. The van der Waals surface area contributed by atoms with Gasteiger partial charge in [-0.1, -0.05) is 6.08 Å². The Morgan fingerprint density at radius 1 is 1.57 bits per heavy atom. The molecule has 1 fully saturated rings. The Kier molecular flexibility index (Phi) is 2.87. The summed E-state index contributed by atoms with van der Waals surface area (Å²) >= 11 is 0. The third kappa shape index (κ3) is 1.98. The normalized spacial score (nSPS) is 36.4. The van der Waals surface area contributed by atoms with Crippen LogP contribution in [0.5, 0.6) is 0 Å². The number of hydrogen-bond acceptors (Lipinski definition) is 3. The maximum absolute atomic E-state index is 11.0. The van der Waals surface area contributed by atoms with Gasteiger partial charge in [0.25, 0.3) is 0 Å². The van der Waals surface area contributed by atoms with Crippen molar-refractivity contribution in [1.82, 2.24) is 0 Å². The number of carbonyl (C=O) groups excluding carboxylic acids is 1. The molecule has 0 saturated heterocycles. The van der Waals surface area contributed by atoms with Crippen LogP contribution in [0.15, 0.2) is 12.2 Å². The molecule has 0 radical (unpaired) electrons. The van der Waals surface area contributed by atoms with Gasteiger partial charge < -0.3 is 9.47 Å². The van der Waals surface area contributed by atoms with Crippen molar-refractivity contribution in [3.63, 3.8) is 0 Å². The first-order chi connectivity index (χ1) is 6.79. The van der Waals surface area contributed by atoms with Crippen LogP contribution >= 0.6 is 0 Å². The van der Waals surface area contributed by atoms with Gasteiger partial charge in [-0.05, 0) is 19.8 Å². The lowest BCUT2D eigenvalue weighted by Crippen LogP contribution is -2.37. The summed E-state index contributed by atoms with van der Waals surface area (Å²) in [6.07, 6.45) is 6.86. The summed E-state index contributed by atoms with van der Waals surface area (Å²) in [5, 5.41) is 0. The Labute approximate surface area is 84.1 Å². The minimum absolute atomic E-state index is 0.0535. The maximum atomic E-state index is 11.0. The molecule has 1 aliphatic heterocycles. The minimum atomic E-state index is -0.205. The van der Waals surface area contributed by atoms with Gasteiger partial charge in [0.05, 0.1) is 6.10 Å². The summed E-state index contributed by atoms with van der Waals surface area (Å²) in [7, 11) is 0. The molecule has 78 valence electrons. The molecule has 0 amide bonds. The summed E-state index contributed by atoms with van der Waals surface area (Å²) in [6.45, 7) is 2.74. The molecule has 0 N–H and O–H groups in total. The predicted molar refractivity (Wildman–Crippen MR) is 51.8 cm³/mol. The molecule has 1 heterocycles. The molecule has 3 atom stereocenters. The van der Waals surface area contributed by atoms with E-state index < -0.39 is 0 Å². The summed E-state index contributed by atoms with van der Waals surface area (Å²) in [5.41, 5.74) is 0. The summed E-state index contributed by atoms with van der Waals surface area (Å²) in [6, 6.07) is 0. The van der Waals surface area contributed by atoms with Crippen molar-refractivity contribution in [1.29, 1.82) is 0 Å². The zero-order valence-electron chi connectivity index (χ0n) is 8.44. The molecule has 2 aliphatic rings. The molecule has 0 spiro atoms. The molecule has 0 aromatic rings. The van der Waals surface area contributed by atoms with Crippen molar-refractivity contribution < 1.29 is 14.3 Å². The number of esters is 1. The molecular weight excluding hydrogens is 180 g/mol. The number of rotatable bonds is 2. The quantitative estimate of drug-likeness (QED) is 0.630. The van der Waals surface area contributed by atoms with Gasteiger partial charge in [0.2, 0.25) is 0 Å². The van der Waals surface area contributed by atoms with Gasteiger partial charge >= 0.3 is 5.97 Å². The molecule has 3 unspecified atom stereocenters. The highest BCUT2D eigenvalue weighted by atomic mass is 16.5. The van der Waals surface area contributed by atoms with Crippen molar-refractivity contribution in [2.75, 3.05) is 6.61 Å². The van der Waals surface area contributed by atoms with Crippen molar-refractivity contribution in [3.05, 3.63) is 12.2 Å².